The zero-order valence-corrected chi connectivity index (χ0v) is 14.0. The van der Waals surface area contributed by atoms with Crippen LogP contribution in [0.5, 0.6) is 0 Å². The van der Waals surface area contributed by atoms with Crippen molar-refractivity contribution in [1.29, 1.82) is 0 Å². The Kier molecular flexibility index (Phi) is 3.64. The molecule has 24 heavy (non-hydrogen) atoms. The molecule has 5 nitrogen and oxygen atoms in total. The number of hydrogen-bond donors (Lipinski definition) is 1. The quantitative estimate of drug-likeness (QED) is 0.917. The summed E-state index contributed by atoms with van der Waals surface area (Å²) in [6, 6.07) is 9.00. The zero-order valence-electron chi connectivity index (χ0n) is 14.0. The minimum absolute atomic E-state index is 0.0790. The van der Waals surface area contributed by atoms with Gasteiger partial charge in [-0.15, -0.1) is 0 Å². The van der Waals surface area contributed by atoms with E-state index in [1.807, 2.05) is 0 Å². The van der Waals surface area contributed by atoms with Crippen molar-refractivity contribution in [2.75, 3.05) is 37.3 Å². The molecular weight excluding hydrogens is 305 g/mol. The van der Waals surface area contributed by atoms with Crippen molar-refractivity contribution >= 4 is 11.8 Å². The largest absolute Gasteiger partial charge is 0.381 e. The van der Waals surface area contributed by atoms with Gasteiger partial charge in [-0.25, -0.2) is 9.37 Å². The fourth-order valence-electron chi connectivity index (χ4n) is 4.33. The SMILES string of the molecule is Cc1ccccc1[C@@H]1[C@@H]2CN(c3ncc(F)c(N)n3)C[C@@H]2CN1C. The van der Waals surface area contributed by atoms with Gasteiger partial charge in [0.25, 0.3) is 0 Å². The Balaban J connectivity index is 1.61. The third kappa shape index (κ3) is 2.41. The molecule has 0 spiro atoms. The molecule has 1 aromatic heterocycles. The molecule has 3 atom stereocenters. The van der Waals surface area contributed by atoms with Gasteiger partial charge in [0, 0.05) is 31.6 Å². The molecule has 0 unspecified atom stereocenters. The number of likely N-dealkylation sites (tertiary alicyclic amines) is 1. The lowest BCUT2D eigenvalue weighted by Gasteiger charge is -2.28. The van der Waals surface area contributed by atoms with Gasteiger partial charge in [0.2, 0.25) is 5.95 Å². The summed E-state index contributed by atoms with van der Waals surface area (Å²) in [5.41, 5.74) is 8.33. The highest BCUT2D eigenvalue weighted by Gasteiger charge is 2.47. The number of benzene rings is 1. The molecule has 0 aliphatic carbocycles. The number of nitrogens with two attached hydrogens (primary N) is 1. The van der Waals surface area contributed by atoms with Crippen LogP contribution in [0.1, 0.15) is 17.2 Å². The van der Waals surface area contributed by atoms with Gasteiger partial charge in [0.05, 0.1) is 6.20 Å². The summed E-state index contributed by atoms with van der Waals surface area (Å²) < 4.78 is 13.3. The number of hydrogen-bond acceptors (Lipinski definition) is 5. The van der Waals surface area contributed by atoms with Crippen molar-refractivity contribution in [3.63, 3.8) is 0 Å². The van der Waals surface area contributed by atoms with E-state index in [9.17, 15) is 4.39 Å². The van der Waals surface area contributed by atoms with Gasteiger partial charge in [-0.3, -0.25) is 4.90 Å². The second kappa shape index (κ2) is 5.70. The fourth-order valence-corrected chi connectivity index (χ4v) is 4.33. The Bertz CT molecular complexity index is 765. The number of anilines is 2. The van der Waals surface area contributed by atoms with E-state index in [0.717, 1.165) is 25.8 Å². The maximum absolute atomic E-state index is 13.3. The van der Waals surface area contributed by atoms with E-state index in [1.54, 1.807) is 0 Å². The summed E-state index contributed by atoms with van der Waals surface area (Å²) in [6.45, 7) is 4.99. The molecule has 2 N–H and O–H groups in total. The third-order valence-corrected chi connectivity index (χ3v) is 5.44. The van der Waals surface area contributed by atoms with E-state index < -0.39 is 5.82 Å². The second-order valence-corrected chi connectivity index (χ2v) is 6.97. The smallest absolute Gasteiger partial charge is 0.227 e. The van der Waals surface area contributed by atoms with Crippen molar-refractivity contribution in [3.05, 3.63) is 47.4 Å². The van der Waals surface area contributed by atoms with Crippen LogP contribution in [0.15, 0.2) is 30.5 Å². The Morgan fingerprint density at radius 1 is 1.21 bits per heavy atom. The van der Waals surface area contributed by atoms with Gasteiger partial charge in [0.1, 0.15) is 0 Å². The molecule has 126 valence electrons. The van der Waals surface area contributed by atoms with Gasteiger partial charge in [-0.1, -0.05) is 24.3 Å². The first-order valence-corrected chi connectivity index (χ1v) is 8.33. The van der Waals surface area contributed by atoms with Gasteiger partial charge in [0.15, 0.2) is 11.6 Å². The number of aryl methyl sites for hydroxylation is 1. The molecule has 3 heterocycles. The van der Waals surface area contributed by atoms with Crippen LogP contribution in [0.3, 0.4) is 0 Å². The maximum Gasteiger partial charge on any atom is 0.227 e. The van der Waals surface area contributed by atoms with Crippen LogP contribution in [0.25, 0.3) is 0 Å². The Hall–Kier alpha value is -2.21. The third-order valence-electron chi connectivity index (χ3n) is 5.44. The van der Waals surface area contributed by atoms with E-state index in [-0.39, 0.29) is 5.82 Å². The Morgan fingerprint density at radius 3 is 2.75 bits per heavy atom. The summed E-state index contributed by atoms with van der Waals surface area (Å²) in [4.78, 5) is 12.8. The normalized spacial score (nSPS) is 26.8. The highest BCUT2D eigenvalue weighted by atomic mass is 19.1. The van der Waals surface area contributed by atoms with Crippen LogP contribution in [0, 0.1) is 24.6 Å². The molecule has 2 aliphatic rings. The minimum Gasteiger partial charge on any atom is -0.381 e. The van der Waals surface area contributed by atoms with Gasteiger partial charge in [-0.2, -0.15) is 4.98 Å². The highest BCUT2D eigenvalue weighted by Crippen LogP contribution is 2.45. The topological polar surface area (TPSA) is 58.3 Å². The summed E-state index contributed by atoms with van der Waals surface area (Å²) >= 11 is 0. The van der Waals surface area contributed by atoms with Crippen LogP contribution in [0.2, 0.25) is 0 Å². The number of aromatic nitrogens is 2. The number of rotatable bonds is 2. The van der Waals surface area contributed by atoms with Crippen molar-refractivity contribution in [2.24, 2.45) is 11.8 Å². The van der Waals surface area contributed by atoms with Crippen molar-refractivity contribution in [2.45, 2.75) is 13.0 Å². The van der Waals surface area contributed by atoms with Crippen LogP contribution in [-0.2, 0) is 0 Å². The first kappa shape index (κ1) is 15.3. The van der Waals surface area contributed by atoms with Crippen LogP contribution < -0.4 is 10.6 Å². The van der Waals surface area contributed by atoms with Gasteiger partial charge in [-0.05, 0) is 31.0 Å². The van der Waals surface area contributed by atoms with Crippen molar-refractivity contribution < 1.29 is 4.39 Å². The molecule has 1 aromatic carbocycles. The fraction of sp³-hybridized carbons (Fsp3) is 0.444. The van der Waals surface area contributed by atoms with Crippen molar-refractivity contribution in [3.8, 4) is 0 Å². The predicted octanol–water partition coefficient (Wildman–Crippen LogP) is 2.25. The molecule has 4 rings (SSSR count). The van der Waals surface area contributed by atoms with E-state index in [4.69, 9.17) is 5.73 Å². The summed E-state index contributed by atoms with van der Waals surface area (Å²) in [6.07, 6.45) is 1.16. The standard InChI is InChI=1S/C18H22FN5/c1-11-5-3-4-6-13(11)16-14-10-24(9-12(14)8-23(16)2)18-21-7-15(19)17(20)22-18/h3-7,12,14,16H,8-10H2,1-2H3,(H2,20,21,22)/t12-,14+,16+/m0/s1. The average molecular weight is 327 g/mol. The molecular formula is C18H22FN5. The van der Waals surface area contributed by atoms with E-state index in [1.165, 1.54) is 11.1 Å². The first-order valence-electron chi connectivity index (χ1n) is 8.33. The lowest BCUT2D eigenvalue weighted by atomic mass is 9.88. The minimum atomic E-state index is -0.560. The number of nitrogens with zero attached hydrogens (tertiary/aromatic N) is 4. The van der Waals surface area contributed by atoms with E-state index in [0.29, 0.717) is 23.8 Å². The lowest BCUT2D eigenvalue weighted by molar-refractivity contribution is 0.278. The lowest BCUT2D eigenvalue weighted by Crippen LogP contribution is -2.30. The molecule has 0 saturated carbocycles. The highest BCUT2D eigenvalue weighted by molar-refractivity contribution is 5.41. The second-order valence-electron chi connectivity index (χ2n) is 6.97. The molecule has 0 radical (unpaired) electrons. The predicted molar refractivity (Wildman–Crippen MR) is 92.1 cm³/mol. The number of fused-ring (bicyclic) bond motifs is 1. The Labute approximate surface area is 141 Å². The van der Waals surface area contributed by atoms with E-state index >= 15 is 0 Å². The summed E-state index contributed by atoms with van der Waals surface area (Å²) in [7, 11) is 2.20. The van der Waals surface area contributed by atoms with Crippen LogP contribution in [-0.4, -0.2) is 41.5 Å². The van der Waals surface area contributed by atoms with Crippen molar-refractivity contribution in [1.82, 2.24) is 14.9 Å². The van der Waals surface area contributed by atoms with Crippen LogP contribution in [0.4, 0.5) is 16.2 Å². The molecule has 2 fully saturated rings. The number of nitrogen functional groups attached to an aromatic ring is 1. The monoisotopic (exact) mass is 327 g/mol. The zero-order chi connectivity index (χ0) is 16.8. The molecule has 6 heteroatoms. The summed E-state index contributed by atoms with van der Waals surface area (Å²) in [5, 5.41) is 0. The molecule has 0 amide bonds. The van der Waals surface area contributed by atoms with E-state index in [2.05, 4.69) is 58.0 Å². The number of halogens is 1. The van der Waals surface area contributed by atoms with Gasteiger partial charge < -0.3 is 10.6 Å². The average Bonchev–Trinajstić information content (AvgIpc) is 3.08. The first-order chi connectivity index (χ1) is 11.5. The molecule has 0 bridgehead atoms. The molecule has 2 aromatic rings. The van der Waals surface area contributed by atoms with Gasteiger partial charge >= 0.3 is 0 Å². The summed E-state index contributed by atoms with van der Waals surface area (Å²) in [5.74, 6) is 0.982. The molecule has 2 aliphatic heterocycles. The Morgan fingerprint density at radius 2 is 2.00 bits per heavy atom. The maximum atomic E-state index is 13.3. The molecule has 2 saturated heterocycles. The van der Waals surface area contributed by atoms with Crippen LogP contribution >= 0.6 is 0 Å².